The molecule has 0 unspecified atom stereocenters. The molecule has 0 radical (unpaired) electrons. The second-order valence-electron chi connectivity index (χ2n) is 2.69. The van der Waals surface area contributed by atoms with Gasteiger partial charge in [0.1, 0.15) is 10.1 Å². The fraction of sp³-hybridized carbons (Fsp3) is 0. The molecule has 0 aliphatic carbocycles. The molecule has 76 valence electrons. The van der Waals surface area contributed by atoms with Crippen molar-refractivity contribution in [1.82, 2.24) is 20.4 Å². The fourth-order valence-corrected chi connectivity index (χ4v) is 1.64. The van der Waals surface area contributed by atoms with Crippen molar-refractivity contribution in [2.24, 2.45) is 0 Å². The highest BCUT2D eigenvalue weighted by atomic mass is 32.2. The van der Waals surface area contributed by atoms with E-state index in [1.165, 1.54) is 24.2 Å². The van der Waals surface area contributed by atoms with Gasteiger partial charge >= 0.3 is 0 Å². The Kier molecular flexibility index (Phi) is 2.64. The molecule has 6 nitrogen and oxygen atoms in total. The first kappa shape index (κ1) is 9.66. The molecule has 0 amide bonds. The van der Waals surface area contributed by atoms with Crippen LogP contribution in [-0.2, 0) is 0 Å². The molecule has 4 N–H and O–H groups in total. The van der Waals surface area contributed by atoms with Gasteiger partial charge in [0.25, 0.3) is 0 Å². The number of rotatable bonds is 2. The van der Waals surface area contributed by atoms with Gasteiger partial charge in [-0.15, -0.1) is 10.2 Å². The van der Waals surface area contributed by atoms with Crippen LogP contribution in [0.25, 0.3) is 0 Å². The summed E-state index contributed by atoms with van der Waals surface area (Å²) in [5.74, 6) is 0. The highest BCUT2D eigenvalue weighted by Crippen LogP contribution is 2.30. The number of anilines is 2. The van der Waals surface area contributed by atoms with Gasteiger partial charge in [0, 0.05) is 0 Å². The fourth-order valence-electron chi connectivity index (χ4n) is 0.907. The first-order valence-corrected chi connectivity index (χ1v) is 4.91. The van der Waals surface area contributed by atoms with E-state index in [2.05, 4.69) is 20.4 Å². The van der Waals surface area contributed by atoms with Gasteiger partial charge in [0.15, 0.2) is 0 Å². The molecule has 0 spiro atoms. The van der Waals surface area contributed by atoms with Crippen LogP contribution in [0.15, 0.2) is 34.6 Å². The molecular weight excluding hydrogens is 212 g/mol. The highest BCUT2D eigenvalue weighted by Gasteiger charge is 2.07. The van der Waals surface area contributed by atoms with Gasteiger partial charge in [-0.3, -0.25) is 0 Å². The SMILES string of the molecule is Nc1ccnnc1Sc1nnccc1N. The third-order valence-electron chi connectivity index (χ3n) is 1.63. The van der Waals surface area contributed by atoms with Crippen molar-refractivity contribution in [3.63, 3.8) is 0 Å². The van der Waals surface area contributed by atoms with Crippen molar-refractivity contribution in [3.05, 3.63) is 24.5 Å². The van der Waals surface area contributed by atoms with E-state index in [0.29, 0.717) is 21.4 Å². The number of hydrogen-bond donors (Lipinski definition) is 2. The molecule has 0 bridgehead atoms. The van der Waals surface area contributed by atoms with E-state index >= 15 is 0 Å². The van der Waals surface area contributed by atoms with Crippen LogP contribution in [-0.4, -0.2) is 20.4 Å². The predicted molar refractivity (Wildman–Crippen MR) is 57.0 cm³/mol. The van der Waals surface area contributed by atoms with E-state index in [9.17, 15) is 0 Å². The van der Waals surface area contributed by atoms with Crippen molar-refractivity contribution in [2.75, 3.05) is 11.5 Å². The highest BCUT2D eigenvalue weighted by molar-refractivity contribution is 7.99. The minimum atomic E-state index is 0.542. The maximum atomic E-state index is 5.71. The van der Waals surface area contributed by atoms with Crippen molar-refractivity contribution in [2.45, 2.75) is 10.1 Å². The lowest BCUT2D eigenvalue weighted by Gasteiger charge is -2.03. The zero-order valence-electron chi connectivity index (χ0n) is 7.66. The third-order valence-corrected chi connectivity index (χ3v) is 2.65. The topological polar surface area (TPSA) is 104 Å². The second kappa shape index (κ2) is 4.09. The van der Waals surface area contributed by atoms with Crippen molar-refractivity contribution >= 4 is 23.1 Å². The minimum Gasteiger partial charge on any atom is -0.396 e. The first-order chi connectivity index (χ1) is 7.27. The minimum absolute atomic E-state index is 0.542. The summed E-state index contributed by atoms with van der Waals surface area (Å²) in [6.07, 6.45) is 3.05. The van der Waals surface area contributed by atoms with Gasteiger partial charge in [0.05, 0.1) is 23.8 Å². The van der Waals surface area contributed by atoms with Crippen molar-refractivity contribution in [1.29, 1.82) is 0 Å². The van der Waals surface area contributed by atoms with E-state index in [1.807, 2.05) is 0 Å². The Morgan fingerprint density at radius 1 is 0.867 bits per heavy atom. The Hall–Kier alpha value is -1.89. The van der Waals surface area contributed by atoms with E-state index in [0.717, 1.165) is 0 Å². The molecule has 2 rings (SSSR count). The average molecular weight is 220 g/mol. The Labute approximate surface area is 90.1 Å². The first-order valence-electron chi connectivity index (χ1n) is 4.09. The number of nitrogen functional groups attached to an aromatic ring is 2. The van der Waals surface area contributed by atoms with E-state index in [4.69, 9.17) is 11.5 Å². The number of hydrogen-bond acceptors (Lipinski definition) is 7. The van der Waals surface area contributed by atoms with Gasteiger partial charge in [-0.1, -0.05) is 0 Å². The molecule has 2 aromatic rings. The van der Waals surface area contributed by atoms with Crippen LogP contribution in [0.4, 0.5) is 11.4 Å². The van der Waals surface area contributed by atoms with Gasteiger partial charge < -0.3 is 11.5 Å². The molecule has 7 heteroatoms. The van der Waals surface area contributed by atoms with E-state index < -0.39 is 0 Å². The summed E-state index contributed by atoms with van der Waals surface area (Å²) >= 11 is 1.24. The van der Waals surface area contributed by atoms with Crippen LogP contribution in [0, 0.1) is 0 Å². The molecule has 2 aromatic heterocycles. The maximum Gasteiger partial charge on any atom is 0.148 e. The zero-order chi connectivity index (χ0) is 10.7. The van der Waals surface area contributed by atoms with Crippen LogP contribution < -0.4 is 11.5 Å². The summed E-state index contributed by atoms with van der Waals surface area (Å²) in [6.45, 7) is 0. The molecule has 0 aliphatic rings. The van der Waals surface area contributed by atoms with Gasteiger partial charge in [-0.2, -0.15) is 10.2 Å². The molecule has 0 atom stereocenters. The van der Waals surface area contributed by atoms with Crippen LogP contribution in [0.5, 0.6) is 0 Å². The largest absolute Gasteiger partial charge is 0.396 e. The van der Waals surface area contributed by atoms with Crippen molar-refractivity contribution in [3.8, 4) is 0 Å². The number of aromatic nitrogens is 4. The lowest BCUT2D eigenvalue weighted by Crippen LogP contribution is -1.97. The van der Waals surface area contributed by atoms with Gasteiger partial charge in [-0.25, -0.2) is 0 Å². The molecule has 0 saturated carbocycles. The molecular formula is C8H8N6S. The predicted octanol–water partition coefficient (Wildman–Crippen LogP) is 0.582. The molecule has 15 heavy (non-hydrogen) atoms. The Bertz CT molecular complexity index is 431. The number of nitrogens with two attached hydrogens (primary N) is 2. The monoisotopic (exact) mass is 220 g/mol. The smallest absolute Gasteiger partial charge is 0.148 e. The molecule has 0 saturated heterocycles. The maximum absolute atomic E-state index is 5.71. The number of nitrogens with zero attached hydrogens (tertiary/aromatic N) is 4. The summed E-state index contributed by atoms with van der Waals surface area (Å²) in [5, 5.41) is 16.4. The van der Waals surface area contributed by atoms with Gasteiger partial charge in [-0.05, 0) is 23.9 Å². The molecule has 0 aromatic carbocycles. The van der Waals surface area contributed by atoms with Crippen LogP contribution >= 0.6 is 11.8 Å². The Morgan fingerprint density at radius 3 is 1.73 bits per heavy atom. The second-order valence-corrected chi connectivity index (χ2v) is 3.66. The summed E-state index contributed by atoms with van der Waals surface area (Å²) in [5.41, 5.74) is 12.5. The van der Waals surface area contributed by atoms with Crippen LogP contribution in [0.3, 0.4) is 0 Å². The normalized spacial score (nSPS) is 10.1. The molecule has 0 fully saturated rings. The van der Waals surface area contributed by atoms with Crippen molar-refractivity contribution < 1.29 is 0 Å². The Balaban J connectivity index is 2.30. The van der Waals surface area contributed by atoms with Crippen LogP contribution in [0.2, 0.25) is 0 Å². The van der Waals surface area contributed by atoms with E-state index in [-0.39, 0.29) is 0 Å². The van der Waals surface area contributed by atoms with E-state index in [1.54, 1.807) is 12.1 Å². The summed E-state index contributed by atoms with van der Waals surface area (Å²) in [4.78, 5) is 0. The summed E-state index contributed by atoms with van der Waals surface area (Å²) in [7, 11) is 0. The third kappa shape index (κ3) is 2.13. The Morgan fingerprint density at radius 2 is 1.33 bits per heavy atom. The molecule has 0 aliphatic heterocycles. The average Bonchev–Trinajstić information content (AvgIpc) is 2.24. The standard InChI is InChI=1S/C8H8N6S/c9-5-1-3-11-13-7(5)15-8-6(10)2-4-12-14-8/h1-4H,(H2,9,11)(H2,10,12). The molecule has 2 heterocycles. The van der Waals surface area contributed by atoms with Crippen LogP contribution in [0.1, 0.15) is 0 Å². The van der Waals surface area contributed by atoms with Gasteiger partial charge in [0.2, 0.25) is 0 Å². The zero-order valence-corrected chi connectivity index (χ0v) is 8.48. The quantitative estimate of drug-likeness (QED) is 0.762. The lowest BCUT2D eigenvalue weighted by atomic mass is 10.5. The summed E-state index contributed by atoms with van der Waals surface area (Å²) in [6, 6.07) is 3.34. The lowest BCUT2D eigenvalue weighted by molar-refractivity contribution is 0.912. The summed E-state index contributed by atoms with van der Waals surface area (Å²) < 4.78 is 0.